The number of hydrogen-bond donors (Lipinski definition) is 1. The van der Waals surface area contributed by atoms with Crippen LogP contribution < -0.4 is 5.56 Å². The number of nitrogens with zero attached hydrogens (tertiary/aromatic N) is 3. The molecule has 1 heterocycles. The number of thioether (sulfide) groups is 1. The van der Waals surface area contributed by atoms with Crippen LogP contribution in [0.25, 0.3) is 10.9 Å². The van der Waals surface area contributed by atoms with E-state index in [-0.39, 0.29) is 17.2 Å². The molecule has 0 radical (unpaired) electrons. The molecule has 0 aliphatic heterocycles. The smallest absolute Gasteiger partial charge is 0.259 e. The second kappa shape index (κ2) is 6.90. The average molecular weight is 302 g/mol. The van der Waals surface area contributed by atoms with Crippen molar-refractivity contribution in [3.8, 4) is 6.07 Å². The minimum Gasteiger partial charge on any atom is -0.344 e. The predicted molar refractivity (Wildman–Crippen MR) is 81.0 cm³/mol. The van der Waals surface area contributed by atoms with Crippen LogP contribution in [0.5, 0.6) is 0 Å². The normalized spacial score (nSPS) is 10.3. The van der Waals surface area contributed by atoms with E-state index in [0.29, 0.717) is 29.0 Å². The van der Waals surface area contributed by atoms with Gasteiger partial charge in [0.1, 0.15) is 0 Å². The van der Waals surface area contributed by atoms with Gasteiger partial charge in [0, 0.05) is 13.6 Å². The Morgan fingerprint density at radius 3 is 3.00 bits per heavy atom. The van der Waals surface area contributed by atoms with Crippen molar-refractivity contribution in [2.75, 3.05) is 19.3 Å². The Bertz CT molecular complexity index is 750. The van der Waals surface area contributed by atoms with Gasteiger partial charge >= 0.3 is 0 Å². The molecular weight excluding hydrogens is 288 g/mol. The van der Waals surface area contributed by atoms with E-state index in [1.807, 2.05) is 12.1 Å². The van der Waals surface area contributed by atoms with Gasteiger partial charge in [-0.2, -0.15) is 5.26 Å². The van der Waals surface area contributed by atoms with Crippen molar-refractivity contribution in [2.45, 2.75) is 11.6 Å². The molecule has 1 amide bonds. The summed E-state index contributed by atoms with van der Waals surface area (Å²) in [5.74, 6) is 0.0643. The molecule has 0 saturated heterocycles. The van der Waals surface area contributed by atoms with E-state index < -0.39 is 0 Å². The standard InChI is InChI=1S/C14H14N4O2S/c1-18(8-4-7-15)12(19)9-21-14-16-11-6-3-2-5-10(11)13(20)17-14/h2-3,5-6H,4,8-9H2,1H3,(H,16,17,20). The van der Waals surface area contributed by atoms with Gasteiger partial charge in [0.2, 0.25) is 5.91 Å². The topological polar surface area (TPSA) is 89.8 Å². The number of amides is 1. The molecule has 7 heteroatoms. The zero-order chi connectivity index (χ0) is 15.2. The number of carbonyl (C=O) groups is 1. The number of hydrogen-bond acceptors (Lipinski definition) is 5. The highest BCUT2D eigenvalue weighted by Gasteiger charge is 2.10. The maximum atomic E-state index is 11.9. The first-order valence-electron chi connectivity index (χ1n) is 6.34. The first-order valence-corrected chi connectivity index (χ1v) is 7.33. The van der Waals surface area contributed by atoms with Gasteiger partial charge in [-0.15, -0.1) is 0 Å². The quantitative estimate of drug-likeness (QED) is 0.666. The summed E-state index contributed by atoms with van der Waals surface area (Å²) in [7, 11) is 1.65. The van der Waals surface area contributed by atoms with Gasteiger partial charge in [-0.25, -0.2) is 4.98 Å². The number of fused-ring (bicyclic) bond motifs is 1. The van der Waals surface area contributed by atoms with E-state index in [2.05, 4.69) is 9.97 Å². The van der Waals surface area contributed by atoms with Gasteiger partial charge in [-0.1, -0.05) is 23.9 Å². The van der Waals surface area contributed by atoms with Gasteiger partial charge in [0.25, 0.3) is 5.56 Å². The van der Waals surface area contributed by atoms with Crippen molar-refractivity contribution in [3.05, 3.63) is 34.6 Å². The number of aromatic amines is 1. The monoisotopic (exact) mass is 302 g/mol. The fraction of sp³-hybridized carbons (Fsp3) is 0.286. The Kier molecular flexibility index (Phi) is 4.95. The molecule has 0 bridgehead atoms. The van der Waals surface area contributed by atoms with Crippen molar-refractivity contribution in [3.63, 3.8) is 0 Å². The van der Waals surface area contributed by atoms with Crippen molar-refractivity contribution in [2.24, 2.45) is 0 Å². The van der Waals surface area contributed by atoms with Gasteiger partial charge < -0.3 is 9.88 Å². The average Bonchev–Trinajstić information content (AvgIpc) is 2.50. The lowest BCUT2D eigenvalue weighted by Gasteiger charge is -2.14. The van der Waals surface area contributed by atoms with Crippen LogP contribution in [-0.4, -0.2) is 40.1 Å². The summed E-state index contributed by atoms with van der Waals surface area (Å²) in [5, 5.41) is 9.44. The van der Waals surface area contributed by atoms with Gasteiger partial charge in [-0.05, 0) is 12.1 Å². The Labute approximate surface area is 125 Å². The predicted octanol–water partition coefficient (Wildman–Crippen LogP) is 1.39. The molecule has 0 fully saturated rings. The molecule has 0 unspecified atom stereocenters. The second-order valence-electron chi connectivity index (χ2n) is 4.40. The zero-order valence-corrected chi connectivity index (χ0v) is 12.3. The molecule has 0 spiro atoms. The zero-order valence-electron chi connectivity index (χ0n) is 11.5. The fourth-order valence-corrected chi connectivity index (χ4v) is 2.52. The number of para-hydroxylation sites is 1. The van der Waals surface area contributed by atoms with Crippen molar-refractivity contribution >= 4 is 28.6 Å². The number of benzene rings is 1. The summed E-state index contributed by atoms with van der Waals surface area (Å²) in [6.07, 6.45) is 0.304. The van der Waals surface area contributed by atoms with Crippen molar-refractivity contribution in [1.29, 1.82) is 5.26 Å². The molecule has 21 heavy (non-hydrogen) atoms. The summed E-state index contributed by atoms with van der Waals surface area (Å²) < 4.78 is 0. The van der Waals surface area contributed by atoms with Crippen LogP contribution in [-0.2, 0) is 4.79 Å². The van der Waals surface area contributed by atoms with Crippen molar-refractivity contribution < 1.29 is 4.79 Å². The van der Waals surface area contributed by atoms with Gasteiger partial charge in [0.15, 0.2) is 5.16 Å². The maximum absolute atomic E-state index is 11.9. The second-order valence-corrected chi connectivity index (χ2v) is 5.36. The van der Waals surface area contributed by atoms with Crippen LogP contribution in [0.3, 0.4) is 0 Å². The van der Waals surface area contributed by atoms with Crippen molar-refractivity contribution in [1.82, 2.24) is 14.9 Å². The van der Waals surface area contributed by atoms with Crippen LogP contribution in [0.15, 0.2) is 34.2 Å². The van der Waals surface area contributed by atoms with Crippen LogP contribution in [0, 0.1) is 11.3 Å². The Balaban J connectivity index is 2.06. The largest absolute Gasteiger partial charge is 0.344 e. The molecule has 1 aromatic heterocycles. The number of H-pyrrole nitrogens is 1. The Morgan fingerprint density at radius 1 is 1.48 bits per heavy atom. The minimum absolute atomic E-state index is 0.106. The molecule has 0 atom stereocenters. The summed E-state index contributed by atoms with van der Waals surface area (Å²) in [6, 6.07) is 9.05. The van der Waals surface area contributed by atoms with E-state index in [9.17, 15) is 9.59 Å². The molecule has 2 rings (SSSR count). The highest BCUT2D eigenvalue weighted by molar-refractivity contribution is 7.99. The molecular formula is C14H14N4O2S. The van der Waals surface area contributed by atoms with E-state index >= 15 is 0 Å². The Hall–Kier alpha value is -2.33. The van der Waals surface area contributed by atoms with E-state index in [0.717, 1.165) is 0 Å². The van der Waals surface area contributed by atoms with Gasteiger partial charge in [-0.3, -0.25) is 9.59 Å². The minimum atomic E-state index is -0.214. The third-order valence-electron chi connectivity index (χ3n) is 2.91. The highest BCUT2D eigenvalue weighted by Crippen LogP contribution is 2.15. The SMILES string of the molecule is CN(CCC#N)C(=O)CSc1nc2ccccc2c(=O)[nH]1. The molecule has 0 aliphatic rings. The number of aromatic nitrogens is 2. The van der Waals surface area contributed by atoms with Crippen LogP contribution in [0.2, 0.25) is 0 Å². The molecule has 0 saturated carbocycles. The molecule has 1 N–H and O–H groups in total. The molecule has 108 valence electrons. The summed E-state index contributed by atoms with van der Waals surface area (Å²) in [6.45, 7) is 0.400. The number of rotatable bonds is 5. The fourth-order valence-electron chi connectivity index (χ4n) is 1.72. The van der Waals surface area contributed by atoms with Crippen LogP contribution >= 0.6 is 11.8 Å². The number of nitriles is 1. The first-order chi connectivity index (χ1) is 10.1. The highest BCUT2D eigenvalue weighted by atomic mass is 32.2. The Morgan fingerprint density at radius 2 is 2.24 bits per heavy atom. The molecule has 6 nitrogen and oxygen atoms in total. The third kappa shape index (κ3) is 3.83. The maximum Gasteiger partial charge on any atom is 0.259 e. The third-order valence-corrected chi connectivity index (χ3v) is 3.77. The lowest BCUT2D eigenvalue weighted by molar-refractivity contribution is -0.127. The van der Waals surface area contributed by atoms with E-state index in [1.54, 1.807) is 25.2 Å². The summed E-state index contributed by atoms with van der Waals surface area (Å²) in [5.41, 5.74) is 0.391. The van der Waals surface area contributed by atoms with E-state index in [4.69, 9.17) is 5.26 Å². The molecule has 2 aromatic rings. The summed E-state index contributed by atoms with van der Waals surface area (Å²) >= 11 is 1.18. The van der Waals surface area contributed by atoms with Crippen LogP contribution in [0.1, 0.15) is 6.42 Å². The first kappa shape index (κ1) is 15.1. The molecule has 1 aromatic carbocycles. The molecule has 0 aliphatic carbocycles. The van der Waals surface area contributed by atoms with Crippen LogP contribution in [0.4, 0.5) is 0 Å². The number of nitrogens with one attached hydrogen (secondary N) is 1. The lowest BCUT2D eigenvalue weighted by Crippen LogP contribution is -2.29. The number of carbonyl (C=O) groups excluding carboxylic acids is 1. The van der Waals surface area contributed by atoms with E-state index in [1.165, 1.54) is 16.7 Å². The summed E-state index contributed by atoms with van der Waals surface area (Å²) in [4.78, 5) is 32.2. The van der Waals surface area contributed by atoms with Gasteiger partial charge in [0.05, 0.1) is 29.1 Å². The lowest BCUT2D eigenvalue weighted by atomic mass is 10.2.